The van der Waals surface area contributed by atoms with Crippen LogP contribution in [-0.4, -0.2) is 31.3 Å². The molecule has 0 fully saturated rings. The Kier molecular flexibility index (Phi) is 2.54. The summed E-state index contributed by atoms with van der Waals surface area (Å²) < 4.78 is 13.0. The van der Waals surface area contributed by atoms with Crippen LogP contribution in [0.2, 0.25) is 0 Å². The fourth-order valence-corrected chi connectivity index (χ4v) is 1.71. The van der Waals surface area contributed by atoms with Crippen molar-refractivity contribution in [2.75, 3.05) is 36.5 Å². The Morgan fingerprint density at radius 3 is 3.14 bits per heavy atom. The molecule has 3 nitrogen and oxygen atoms in total. The molecule has 1 aliphatic rings. The normalized spacial score (nSPS) is 14.9. The lowest BCUT2D eigenvalue weighted by Crippen LogP contribution is -2.36. The molecule has 1 aromatic rings. The molecule has 1 aromatic carbocycles. The van der Waals surface area contributed by atoms with Crippen molar-refractivity contribution in [2.45, 2.75) is 0 Å². The topological polar surface area (TPSA) is 35.5 Å². The third-order valence-corrected chi connectivity index (χ3v) is 2.37. The summed E-state index contributed by atoms with van der Waals surface area (Å²) in [5.41, 5.74) is 1.77. The van der Waals surface area contributed by atoms with E-state index in [2.05, 4.69) is 5.32 Å². The van der Waals surface area contributed by atoms with E-state index in [1.54, 1.807) is 6.07 Å². The third-order valence-electron chi connectivity index (χ3n) is 2.37. The van der Waals surface area contributed by atoms with Crippen molar-refractivity contribution < 1.29 is 9.50 Å². The van der Waals surface area contributed by atoms with Gasteiger partial charge in [-0.2, -0.15) is 0 Å². The van der Waals surface area contributed by atoms with Crippen LogP contribution in [0.25, 0.3) is 0 Å². The molecule has 0 aromatic heterocycles. The zero-order valence-electron chi connectivity index (χ0n) is 7.83. The van der Waals surface area contributed by atoms with Gasteiger partial charge in [0.1, 0.15) is 5.82 Å². The summed E-state index contributed by atoms with van der Waals surface area (Å²) in [6.07, 6.45) is 0. The van der Waals surface area contributed by atoms with Crippen molar-refractivity contribution in [1.29, 1.82) is 0 Å². The zero-order chi connectivity index (χ0) is 9.97. The molecule has 0 unspecified atom stereocenters. The average Bonchev–Trinajstić information content (AvgIpc) is 2.19. The third kappa shape index (κ3) is 1.65. The van der Waals surface area contributed by atoms with Gasteiger partial charge in [0.05, 0.1) is 18.0 Å². The van der Waals surface area contributed by atoms with Crippen molar-refractivity contribution >= 4 is 11.4 Å². The summed E-state index contributed by atoms with van der Waals surface area (Å²) in [4.78, 5) is 1.98. The van der Waals surface area contributed by atoms with Gasteiger partial charge in [0.15, 0.2) is 0 Å². The molecule has 1 heterocycles. The number of aliphatic hydroxyl groups excluding tert-OH is 1. The first-order valence-corrected chi connectivity index (χ1v) is 4.70. The van der Waals surface area contributed by atoms with Gasteiger partial charge >= 0.3 is 0 Å². The first-order chi connectivity index (χ1) is 6.81. The summed E-state index contributed by atoms with van der Waals surface area (Å²) in [5, 5.41) is 12.0. The summed E-state index contributed by atoms with van der Waals surface area (Å²) in [5.74, 6) is -0.240. The van der Waals surface area contributed by atoms with Crippen LogP contribution in [0.3, 0.4) is 0 Å². The second-order valence-electron chi connectivity index (χ2n) is 3.30. The number of aliphatic hydroxyl groups is 1. The maximum Gasteiger partial charge on any atom is 0.125 e. The molecule has 0 atom stereocenters. The molecule has 2 N–H and O–H groups in total. The molecule has 76 valence electrons. The molecule has 0 saturated heterocycles. The molecule has 1 aliphatic heterocycles. The minimum absolute atomic E-state index is 0.0932. The van der Waals surface area contributed by atoms with Crippen LogP contribution in [0.1, 0.15) is 0 Å². The van der Waals surface area contributed by atoms with Gasteiger partial charge < -0.3 is 15.3 Å². The number of nitrogens with zero attached hydrogens (tertiary/aromatic N) is 1. The van der Waals surface area contributed by atoms with Gasteiger partial charge in [-0.1, -0.05) is 0 Å². The van der Waals surface area contributed by atoms with Crippen molar-refractivity contribution in [2.24, 2.45) is 0 Å². The molecule has 4 heteroatoms. The number of benzene rings is 1. The zero-order valence-corrected chi connectivity index (χ0v) is 7.83. The lowest BCUT2D eigenvalue weighted by Gasteiger charge is -2.31. The highest BCUT2D eigenvalue weighted by molar-refractivity contribution is 5.72. The molecular weight excluding hydrogens is 183 g/mol. The molecule has 0 aliphatic carbocycles. The second kappa shape index (κ2) is 3.84. The van der Waals surface area contributed by atoms with Crippen molar-refractivity contribution in [1.82, 2.24) is 0 Å². The summed E-state index contributed by atoms with van der Waals surface area (Å²) in [6, 6.07) is 4.67. The lowest BCUT2D eigenvalue weighted by molar-refractivity contribution is 0.302. The van der Waals surface area contributed by atoms with E-state index in [1.807, 2.05) is 4.90 Å². The predicted octanol–water partition coefficient (Wildman–Crippen LogP) is 1.05. The van der Waals surface area contributed by atoms with E-state index in [0.717, 1.165) is 24.5 Å². The predicted molar refractivity (Wildman–Crippen MR) is 54.2 cm³/mol. The van der Waals surface area contributed by atoms with Crippen LogP contribution in [0, 0.1) is 5.82 Å². The fourth-order valence-electron chi connectivity index (χ4n) is 1.71. The number of hydrogen-bond acceptors (Lipinski definition) is 3. The Bertz CT molecular complexity index is 330. The fraction of sp³-hybridized carbons (Fsp3) is 0.400. The number of rotatable bonds is 2. The van der Waals surface area contributed by atoms with E-state index in [4.69, 9.17) is 5.11 Å². The first kappa shape index (κ1) is 9.27. The second-order valence-corrected chi connectivity index (χ2v) is 3.30. The Balaban J connectivity index is 2.32. The van der Waals surface area contributed by atoms with Gasteiger partial charge in [0.2, 0.25) is 0 Å². The average molecular weight is 196 g/mol. The van der Waals surface area contributed by atoms with Crippen molar-refractivity contribution in [3.8, 4) is 0 Å². The molecule has 0 bridgehead atoms. The van der Waals surface area contributed by atoms with Crippen LogP contribution >= 0.6 is 0 Å². The Hall–Kier alpha value is -1.29. The first-order valence-electron chi connectivity index (χ1n) is 4.70. The monoisotopic (exact) mass is 196 g/mol. The lowest BCUT2D eigenvalue weighted by atomic mass is 10.2. The number of hydrogen-bond donors (Lipinski definition) is 2. The molecule has 14 heavy (non-hydrogen) atoms. The number of fused-ring (bicyclic) bond motifs is 1. The molecule has 0 spiro atoms. The minimum Gasteiger partial charge on any atom is -0.395 e. The summed E-state index contributed by atoms with van der Waals surface area (Å²) >= 11 is 0. The van der Waals surface area contributed by atoms with Crippen molar-refractivity contribution in [3.63, 3.8) is 0 Å². The van der Waals surface area contributed by atoms with Crippen LogP contribution in [0.5, 0.6) is 0 Å². The van der Waals surface area contributed by atoms with E-state index < -0.39 is 0 Å². The van der Waals surface area contributed by atoms with E-state index in [0.29, 0.717) is 6.54 Å². The van der Waals surface area contributed by atoms with Crippen molar-refractivity contribution in [3.05, 3.63) is 24.0 Å². The molecular formula is C10H13FN2O. The van der Waals surface area contributed by atoms with Crippen LogP contribution in [0.15, 0.2) is 18.2 Å². The van der Waals surface area contributed by atoms with Crippen LogP contribution in [-0.2, 0) is 0 Å². The summed E-state index contributed by atoms with van der Waals surface area (Å²) in [7, 11) is 0. The van der Waals surface area contributed by atoms with Gasteiger partial charge in [0.25, 0.3) is 0 Å². The maximum atomic E-state index is 13.0. The highest BCUT2D eigenvalue weighted by Gasteiger charge is 2.15. The number of β-amino-alcohol motifs (C(OH)–C–C–N with tert-alkyl or cyclic N) is 1. The number of halogens is 1. The van der Waals surface area contributed by atoms with Crippen LogP contribution < -0.4 is 10.2 Å². The molecule has 2 rings (SSSR count). The number of nitrogens with one attached hydrogen (secondary N) is 1. The van der Waals surface area contributed by atoms with E-state index in [-0.39, 0.29) is 12.4 Å². The van der Waals surface area contributed by atoms with Gasteiger partial charge in [-0.05, 0) is 18.2 Å². The molecule has 0 amide bonds. The minimum atomic E-state index is -0.240. The largest absolute Gasteiger partial charge is 0.395 e. The molecule has 0 radical (unpaired) electrons. The van der Waals surface area contributed by atoms with Gasteiger partial charge in [-0.25, -0.2) is 4.39 Å². The smallest absolute Gasteiger partial charge is 0.125 e. The van der Waals surface area contributed by atoms with Gasteiger partial charge in [-0.15, -0.1) is 0 Å². The summed E-state index contributed by atoms with van der Waals surface area (Å²) in [6.45, 7) is 2.28. The van der Waals surface area contributed by atoms with Gasteiger partial charge in [-0.3, -0.25) is 0 Å². The maximum absolute atomic E-state index is 13.0. The van der Waals surface area contributed by atoms with Crippen LogP contribution in [0.4, 0.5) is 15.8 Å². The Morgan fingerprint density at radius 2 is 2.36 bits per heavy atom. The highest BCUT2D eigenvalue weighted by atomic mass is 19.1. The SMILES string of the molecule is OCCN1CCNc2ccc(F)cc21. The number of anilines is 2. The standard InChI is InChI=1S/C10H13FN2O/c11-8-1-2-9-10(7-8)13(5-6-14)4-3-12-9/h1-2,7,12,14H,3-6H2. The quantitative estimate of drug-likeness (QED) is 0.742. The highest BCUT2D eigenvalue weighted by Crippen LogP contribution is 2.29. The van der Waals surface area contributed by atoms with E-state index >= 15 is 0 Å². The Morgan fingerprint density at radius 1 is 1.50 bits per heavy atom. The van der Waals surface area contributed by atoms with Gasteiger partial charge in [0, 0.05) is 19.6 Å². The Labute approximate surface area is 82.2 Å². The van der Waals surface area contributed by atoms with E-state index in [1.165, 1.54) is 12.1 Å². The molecule has 0 saturated carbocycles. The van der Waals surface area contributed by atoms with E-state index in [9.17, 15) is 4.39 Å².